The van der Waals surface area contributed by atoms with E-state index in [-0.39, 0.29) is 5.97 Å². The van der Waals surface area contributed by atoms with Gasteiger partial charge in [-0.1, -0.05) is 17.7 Å². The third kappa shape index (κ3) is 4.79. The Balaban J connectivity index is 2.60. The number of carbonyl (C=O) groups is 1. The summed E-state index contributed by atoms with van der Waals surface area (Å²) in [6, 6.07) is 6.39. The third-order valence-electron chi connectivity index (χ3n) is 2.37. The van der Waals surface area contributed by atoms with Crippen LogP contribution in [0.3, 0.4) is 0 Å². The first-order valence-corrected chi connectivity index (χ1v) is 6.59. The molecule has 1 N–H and O–H groups in total. The second-order valence-corrected chi connectivity index (χ2v) is 4.95. The first kappa shape index (κ1) is 14.1. The van der Waals surface area contributed by atoms with Crippen molar-refractivity contribution in [3.05, 3.63) is 29.3 Å². The highest BCUT2D eigenvalue weighted by Gasteiger charge is 2.05. The minimum Gasteiger partial charge on any atom is -0.469 e. The van der Waals surface area contributed by atoms with E-state index in [1.807, 2.05) is 7.05 Å². The lowest BCUT2D eigenvalue weighted by molar-refractivity contribution is -0.140. The van der Waals surface area contributed by atoms with Gasteiger partial charge >= 0.3 is 5.97 Å². The molecular formula is C13H19NO2S. The molecule has 0 bridgehead atoms. The van der Waals surface area contributed by atoms with Gasteiger partial charge in [0.05, 0.1) is 13.5 Å². The lowest BCUT2D eigenvalue weighted by atomic mass is 10.1. The van der Waals surface area contributed by atoms with Crippen molar-refractivity contribution >= 4 is 17.7 Å². The summed E-state index contributed by atoms with van der Waals surface area (Å²) >= 11 is 1.70. The molecule has 0 atom stereocenters. The average Bonchev–Trinajstić information content (AvgIpc) is 2.32. The van der Waals surface area contributed by atoms with Gasteiger partial charge in [-0.05, 0) is 25.6 Å². The van der Waals surface area contributed by atoms with Crippen molar-refractivity contribution < 1.29 is 9.53 Å². The summed E-state index contributed by atoms with van der Waals surface area (Å²) in [6.45, 7) is 2.93. The van der Waals surface area contributed by atoms with Gasteiger partial charge in [-0.15, -0.1) is 11.8 Å². The Morgan fingerprint density at radius 2 is 2.24 bits per heavy atom. The van der Waals surface area contributed by atoms with Gasteiger partial charge in [0.25, 0.3) is 0 Å². The molecule has 1 aromatic rings. The van der Waals surface area contributed by atoms with Gasteiger partial charge in [-0.3, -0.25) is 4.79 Å². The zero-order valence-corrected chi connectivity index (χ0v) is 11.4. The smallest absolute Gasteiger partial charge is 0.306 e. The number of methoxy groups -OCH3 is 1. The van der Waals surface area contributed by atoms with Crippen molar-refractivity contribution in [1.82, 2.24) is 5.32 Å². The predicted octanol–water partition coefficient (Wildman–Crippen LogP) is 2.37. The van der Waals surface area contributed by atoms with Crippen LogP contribution >= 0.6 is 11.8 Å². The van der Waals surface area contributed by atoms with Crippen LogP contribution in [0.15, 0.2) is 23.1 Å². The Hall–Kier alpha value is -1.00. The molecule has 0 saturated heterocycles. The fourth-order valence-corrected chi connectivity index (χ4v) is 2.49. The Kier molecular flexibility index (Phi) is 6.08. The van der Waals surface area contributed by atoms with Crippen LogP contribution in [0, 0.1) is 6.92 Å². The average molecular weight is 253 g/mol. The van der Waals surface area contributed by atoms with E-state index in [0.29, 0.717) is 6.42 Å². The molecular weight excluding hydrogens is 234 g/mol. The number of hydrogen-bond donors (Lipinski definition) is 1. The number of hydrogen-bond acceptors (Lipinski definition) is 4. The van der Waals surface area contributed by atoms with Crippen molar-refractivity contribution in [2.75, 3.05) is 19.9 Å². The normalized spacial score (nSPS) is 10.3. The summed E-state index contributed by atoms with van der Waals surface area (Å²) in [6.07, 6.45) is 0.452. The first-order chi connectivity index (χ1) is 8.17. The molecule has 1 rings (SSSR count). The molecule has 0 fully saturated rings. The fourth-order valence-electron chi connectivity index (χ4n) is 1.52. The maximum atomic E-state index is 11.0. The molecule has 3 nitrogen and oxygen atoms in total. The number of benzene rings is 1. The number of esters is 1. The number of thioether (sulfide) groups is 1. The molecule has 0 heterocycles. The molecule has 0 aliphatic carbocycles. The summed E-state index contributed by atoms with van der Waals surface area (Å²) in [5.41, 5.74) is 2.54. The van der Waals surface area contributed by atoms with Crippen LogP contribution in [0.2, 0.25) is 0 Å². The molecule has 0 saturated carbocycles. The predicted molar refractivity (Wildman–Crippen MR) is 71.3 cm³/mol. The zero-order valence-electron chi connectivity index (χ0n) is 10.6. The van der Waals surface area contributed by atoms with Crippen LogP contribution < -0.4 is 5.32 Å². The topological polar surface area (TPSA) is 38.3 Å². The van der Waals surface area contributed by atoms with E-state index >= 15 is 0 Å². The van der Waals surface area contributed by atoms with Gasteiger partial charge < -0.3 is 10.1 Å². The van der Waals surface area contributed by atoms with E-state index in [2.05, 4.69) is 35.2 Å². The summed E-state index contributed by atoms with van der Waals surface area (Å²) in [5, 5.41) is 3.16. The van der Waals surface area contributed by atoms with Gasteiger partial charge in [-0.2, -0.15) is 0 Å². The van der Waals surface area contributed by atoms with E-state index in [1.54, 1.807) is 11.8 Å². The number of aryl methyl sites for hydroxylation is 1. The molecule has 0 amide bonds. The van der Waals surface area contributed by atoms with Crippen LogP contribution in [0.1, 0.15) is 17.5 Å². The van der Waals surface area contributed by atoms with Crippen LogP contribution in [-0.4, -0.2) is 25.9 Å². The second kappa shape index (κ2) is 7.35. The van der Waals surface area contributed by atoms with Gasteiger partial charge in [0.15, 0.2) is 0 Å². The molecule has 94 valence electrons. The Labute approximate surface area is 107 Å². The number of ether oxygens (including phenoxy) is 1. The van der Waals surface area contributed by atoms with Crippen molar-refractivity contribution in [2.45, 2.75) is 24.8 Å². The standard InChI is InChI=1S/C13H19NO2S/c1-10-4-5-12(11(8-10)9-14-2)17-7-6-13(15)16-3/h4-5,8,14H,6-7,9H2,1-3H3. The maximum absolute atomic E-state index is 11.0. The largest absolute Gasteiger partial charge is 0.469 e. The molecule has 0 radical (unpaired) electrons. The Morgan fingerprint density at radius 3 is 2.88 bits per heavy atom. The minimum absolute atomic E-state index is 0.153. The highest BCUT2D eigenvalue weighted by Crippen LogP contribution is 2.24. The number of rotatable bonds is 6. The molecule has 0 aliphatic rings. The van der Waals surface area contributed by atoms with Gasteiger partial charge in [-0.25, -0.2) is 0 Å². The van der Waals surface area contributed by atoms with Crippen LogP contribution in [0.5, 0.6) is 0 Å². The van der Waals surface area contributed by atoms with Gasteiger partial charge in [0.1, 0.15) is 0 Å². The fraction of sp³-hybridized carbons (Fsp3) is 0.462. The molecule has 17 heavy (non-hydrogen) atoms. The van der Waals surface area contributed by atoms with Crippen molar-refractivity contribution in [1.29, 1.82) is 0 Å². The van der Waals surface area contributed by atoms with E-state index in [1.165, 1.54) is 23.1 Å². The monoisotopic (exact) mass is 253 g/mol. The summed E-state index contributed by atoms with van der Waals surface area (Å²) < 4.78 is 4.62. The van der Waals surface area contributed by atoms with E-state index < -0.39 is 0 Å². The zero-order chi connectivity index (χ0) is 12.7. The van der Waals surface area contributed by atoms with E-state index in [9.17, 15) is 4.79 Å². The second-order valence-electron chi connectivity index (χ2n) is 3.82. The number of carbonyl (C=O) groups excluding carboxylic acids is 1. The number of nitrogens with one attached hydrogen (secondary N) is 1. The van der Waals surface area contributed by atoms with Crippen molar-refractivity contribution in [3.8, 4) is 0 Å². The Morgan fingerprint density at radius 1 is 1.47 bits per heavy atom. The van der Waals surface area contributed by atoms with Gasteiger partial charge in [0.2, 0.25) is 0 Å². The van der Waals surface area contributed by atoms with Crippen molar-refractivity contribution in [3.63, 3.8) is 0 Å². The molecule has 0 aliphatic heterocycles. The lowest BCUT2D eigenvalue weighted by Crippen LogP contribution is -2.07. The minimum atomic E-state index is -0.153. The third-order valence-corrected chi connectivity index (χ3v) is 3.49. The highest BCUT2D eigenvalue weighted by molar-refractivity contribution is 7.99. The molecule has 4 heteroatoms. The van der Waals surface area contributed by atoms with Crippen LogP contribution in [0.25, 0.3) is 0 Å². The van der Waals surface area contributed by atoms with E-state index in [0.717, 1.165) is 12.3 Å². The van der Waals surface area contributed by atoms with Crippen molar-refractivity contribution in [2.24, 2.45) is 0 Å². The molecule has 0 unspecified atom stereocenters. The quantitative estimate of drug-likeness (QED) is 0.624. The van der Waals surface area contributed by atoms with Crippen LogP contribution in [-0.2, 0) is 16.1 Å². The highest BCUT2D eigenvalue weighted by atomic mass is 32.2. The first-order valence-electron chi connectivity index (χ1n) is 5.61. The molecule has 0 spiro atoms. The van der Waals surface area contributed by atoms with Gasteiger partial charge in [0, 0.05) is 17.2 Å². The maximum Gasteiger partial charge on any atom is 0.306 e. The summed E-state index contributed by atoms with van der Waals surface area (Å²) in [5.74, 6) is 0.603. The Bertz CT molecular complexity index is 380. The van der Waals surface area contributed by atoms with Crippen LogP contribution in [0.4, 0.5) is 0 Å². The lowest BCUT2D eigenvalue weighted by Gasteiger charge is -2.09. The summed E-state index contributed by atoms with van der Waals surface area (Å²) in [7, 11) is 3.36. The summed E-state index contributed by atoms with van der Waals surface area (Å²) in [4.78, 5) is 12.2. The molecule has 1 aromatic carbocycles. The SMILES string of the molecule is CNCc1cc(C)ccc1SCCC(=O)OC. The molecule has 0 aromatic heterocycles. The van der Waals surface area contributed by atoms with E-state index in [4.69, 9.17) is 0 Å².